The summed E-state index contributed by atoms with van der Waals surface area (Å²) < 4.78 is 105. The van der Waals surface area contributed by atoms with E-state index in [0.29, 0.717) is 12.1 Å². The number of halogens is 6. The maximum absolute atomic E-state index is 12.6. The van der Waals surface area contributed by atoms with Crippen LogP contribution in [0.5, 0.6) is 0 Å². The molecule has 1 rings (SSSR count). The fourth-order valence-corrected chi connectivity index (χ4v) is 2.16. The van der Waals surface area contributed by atoms with Crippen LogP contribution in [0.25, 0.3) is 0 Å². The van der Waals surface area contributed by atoms with Gasteiger partial charge in [-0.25, -0.2) is 0 Å². The first-order valence-corrected chi connectivity index (χ1v) is 8.81. The van der Waals surface area contributed by atoms with Crippen molar-refractivity contribution in [2.75, 3.05) is 5.75 Å². The van der Waals surface area contributed by atoms with Crippen LogP contribution in [0, 0.1) is 0 Å². The van der Waals surface area contributed by atoms with E-state index in [0.717, 1.165) is 0 Å². The Morgan fingerprint density at radius 1 is 0.920 bits per heavy atom. The van der Waals surface area contributed by atoms with Gasteiger partial charge in [-0.05, 0) is 23.8 Å². The highest BCUT2D eigenvalue weighted by Crippen LogP contribution is 2.37. The summed E-state index contributed by atoms with van der Waals surface area (Å²) in [7, 11) is -4.66. The van der Waals surface area contributed by atoms with Crippen LogP contribution in [0.15, 0.2) is 18.2 Å². The average Bonchev–Trinajstić information content (AvgIpc) is 2.47. The van der Waals surface area contributed by atoms with Gasteiger partial charge in [0.1, 0.15) is 0 Å². The minimum Gasteiger partial charge on any atom is -0.323 e. The molecule has 0 saturated heterocycles. The third kappa shape index (κ3) is 9.66. The Morgan fingerprint density at radius 3 is 1.48 bits per heavy atom. The standard InChI is InChI=1S/C10H9F6NO3S.2C2H6/c11-9(12,13)6-1-5(8(17)4-21(18,19)20)2-7(3-6)10(14,15)16;2*1-2/h1-3,8H,4,17H2,(H,18,19,20);2*1-2H3. The van der Waals surface area contributed by atoms with Crippen LogP contribution in [0.4, 0.5) is 26.3 Å². The van der Waals surface area contributed by atoms with Crippen molar-refractivity contribution in [3.63, 3.8) is 0 Å². The van der Waals surface area contributed by atoms with E-state index in [1.807, 2.05) is 27.7 Å². The van der Waals surface area contributed by atoms with Crippen molar-refractivity contribution in [1.29, 1.82) is 0 Å². The van der Waals surface area contributed by atoms with E-state index < -0.39 is 51.0 Å². The molecular weight excluding hydrogens is 376 g/mol. The zero-order valence-corrected chi connectivity index (χ0v) is 14.9. The Balaban J connectivity index is 0. The second-order valence-electron chi connectivity index (χ2n) is 4.19. The minimum atomic E-state index is -5.06. The summed E-state index contributed by atoms with van der Waals surface area (Å²) in [5, 5.41) is 0. The maximum atomic E-state index is 12.6. The molecule has 0 radical (unpaired) electrons. The van der Waals surface area contributed by atoms with Gasteiger partial charge in [0.2, 0.25) is 0 Å². The monoisotopic (exact) mass is 397 g/mol. The summed E-state index contributed by atoms with van der Waals surface area (Å²) >= 11 is 0. The van der Waals surface area contributed by atoms with E-state index in [9.17, 15) is 34.8 Å². The summed E-state index contributed by atoms with van der Waals surface area (Å²) in [5.74, 6) is -1.20. The molecule has 1 unspecified atom stereocenters. The quantitative estimate of drug-likeness (QED) is 0.574. The number of rotatable bonds is 3. The molecule has 0 amide bonds. The fraction of sp³-hybridized carbons (Fsp3) is 0.571. The zero-order chi connectivity index (χ0) is 20.6. The predicted molar refractivity (Wildman–Crippen MR) is 82.5 cm³/mol. The number of alkyl halides is 6. The van der Waals surface area contributed by atoms with Crippen LogP contribution in [-0.2, 0) is 22.5 Å². The predicted octanol–water partition coefficient (Wildman–Crippen LogP) is 4.66. The molecule has 25 heavy (non-hydrogen) atoms. The molecular formula is C14H21F6NO3S. The molecule has 0 aliphatic rings. The van der Waals surface area contributed by atoms with Crippen LogP contribution >= 0.6 is 0 Å². The smallest absolute Gasteiger partial charge is 0.323 e. The molecule has 0 saturated carbocycles. The van der Waals surface area contributed by atoms with Gasteiger partial charge >= 0.3 is 12.4 Å². The molecule has 1 atom stereocenters. The van der Waals surface area contributed by atoms with Crippen LogP contribution in [0.2, 0.25) is 0 Å². The van der Waals surface area contributed by atoms with Crippen LogP contribution in [-0.4, -0.2) is 18.7 Å². The molecule has 148 valence electrons. The van der Waals surface area contributed by atoms with Crippen molar-refractivity contribution >= 4 is 10.1 Å². The molecule has 1 aromatic carbocycles. The van der Waals surface area contributed by atoms with Gasteiger partial charge in [0.25, 0.3) is 10.1 Å². The lowest BCUT2D eigenvalue weighted by atomic mass is 10.0. The third-order valence-electron chi connectivity index (χ3n) is 2.43. The molecule has 4 nitrogen and oxygen atoms in total. The normalized spacial score (nSPS) is 13.1. The van der Waals surface area contributed by atoms with Gasteiger partial charge in [0.05, 0.1) is 16.9 Å². The lowest BCUT2D eigenvalue weighted by Gasteiger charge is -2.17. The molecule has 0 bridgehead atoms. The number of nitrogens with two attached hydrogens (primary N) is 1. The molecule has 3 N–H and O–H groups in total. The SMILES string of the molecule is CC.CC.NC(CS(=O)(=O)O)c1cc(C(F)(F)F)cc(C(F)(F)F)c1. The van der Waals surface area contributed by atoms with E-state index in [2.05, 4.69) is 0 Å². The third-order valence-corrected chi connectivity index (χ3v) is 3.21. The van der Waals surface area contributed by atoms with Gasteiger partial charge in [0.15, 0.2) is 0 Å². The van der Waals surface area contributed by atoms with Crippen LogP contribution in [0.1, 0.15) is 50.4 Å². The van der Waals surface area contributed by atoms with Gasteiger partial charge < -0.3 is 5.73 Å². The molecule has 0 aliphatic carbocycles. The molecule has 0 fully saturated rings. The van der Waals surface area contributed by atoms with Crippen molar-refractivity contribution < 1.29 is 39.3 Å². The molecule has 0 aliphatic heterocycles. The van der Waals surface area contributed by atoms with Gasteiger partial charge in [-0.3, -0.25) is 4.55 Å². The Kier molecular flexibility index (Phi) is 10.3. The summed E-state index contributed by atoms with van der Waals surface area (Å²) in [6.07, 6.45) is -10.1. The highest BCUT2D eigenvalue weighted by Gasteiger charge is 2.37. The second kappa shape index (κ2) is 9.97. The Hall–Kier alpha value is -1.33. The van der Waals surface area contributed by atoms with E-state index >= 15 is 0 Å². The van der Waals surface area contributed by atoms with Gasteiger partial charge in [0, 0.05) is 6.04 Å². The summed E-state index contributed by atoms with van der Waals surface area (Å²) in [6, 6.07) is -1.22. The number of benzene rings is 1. The highest BCUT2D eigenvalue weighted by atomic mass is 32.2. The summed E-state index contributed by atoms with van der Waals surface area (Å²) in [6.45, 7) is 8.00. The van der Waals surface area contributed by atoms with Crippen molar-refractivity contribution in [2.45, 2.75) is 46.1 Å². The van der Waals surface area contributed by atoms with Crippen molar-refractivity contribution in [2.24, 2.45) is 5.73 Å². The van der Waals surface area contributed by atoms with Gasteiger partial charge in [-0.15, -0.1) is 0 Å². The van der Waals surface area contributed by atoms with E-state index in [-0.39, 0.29) is 6.07 Å². The topological polar surface area (TPSA) is 80.4 Å². The first-order valence-electron chi connectivity index (χ1n) is 7.20. The minimum absolute atomic E-state index is 0.107. The van der Waals surface area contributed by atoms with Gasteiger partial charge in [-0.1, -0.05) is 27.7 Å². The summed E-state index contributed by atoms with van der Waals surface area (Å²) in [5.41, 5.74) is 1.31. The Labute approximate surface area is 142 Å². The fourth-order valence-electron chi connectivity index (χ4n) is 1.52. The number of hydrogen-bond donors (Lipinski definition) is 2. The van der Waals surface area contributed by atoms with Crippen LogP contribution in [0.3, 0.4) is 0 Å². The van der Waals surface area contributed by atoms with Crippen LogP contribution < -0.4 is 5.73 Å². The lowest BCUT2D eigenvalue weighted by molar-refractivity contribution is -0.143. The first kappa shape index (κ1) is 25.9. The molecule has 0 heterocycles. The largest absolute Gasteiger partial charge is 0.416 e. The van der Waals surface area contributed by atoms with Gasteiger partial charge in [-0.2, -0.15) is 34.8 Å². The van der Waals surface area contributed by atoms with E-state index in [1.54, 1.807) is 0 Å². The highest BCUT2D eigenvalue weighted by molar-refractivity contribution is 7.85. The van der Waals surface area contributed by atoms with Crippen molar-refractivity contribution in [3.05, 3.63) is 34.9 Å². The Bertz CT molecular complexity index is 594. The Morgan fingerprint density at radius 2 is 1.24 bits per heavy atom. The number of hydrogen-bond acceptors (Lipinski definition) is 3. The lowest BCUT2D eigenvalue weighted by Crippen LogP contribution is -2.22. The second-order valence-corrected chi connectivity index (χ2v) is 5.69. The first-order chi connectivity index (χ1) is 11.2. The average molecular weight is 397 g/mol. The molecule has 11 heteroatoms. The summed E-state index contributed by atoms with van der Waals surface area (Å²) in [4.78, 5) is 0. The zero-order valence-electron chi connectivity index (χ0n) is 14.0. The maximum Gasteiger partial charge on any atom is 0.416 e. The molecule has 1 aromatic rings. The van der Waals surface area contributed by atoms with E-state index in [4.69, 9.17) is 10.3 Å². The van der Waals surface area contributed by atoms with Crippen molar-refractivity contribution in [3.8, 4) is 0 Å². The van der Waals surface area contributed by atoms with Crippen molar-refractivity contribution in [1.82, 2.24) is 0 Å². The molecule has 0 aromatic heterocycles. The van der Waals surface area contributed by atoms with E-state index in [1.165, 1.54) is 0 Å². The molecule has 0 spiro atoms.